The minimum atomic E-state index is -0.0125. The third-order valence-electron chi connectivity index (χ3n) is 2.92. The SMILES string of the molecule is CCNCC(=O)Nc1ccc(SCc2ccccc2)cc1. The molecule has 0 aliphatic rings. The average Bonchev–Trinajstić information content (AvgIpc) is 2.53. The lowest BCUT2D eigenvalue weighted by Gasteiger charge is -2.07. The van der Waals surface area contributed by atoms with Crippen molar-refractivity contribution in [3.8, 4) is 0 Å². The lowest BCUT2D eigenvalue weighted by molar-refractivity contribution is -0.115. The summed E-state index contributed by atoms with van der Waals surface area (Å²) in [5.74, 6) is 0.939. The average molecular weight is 300 g/mol. The van der Waals surface area contributed by atoms with E-state index in [1.54, 1.807) is 11.8 Å². The van der Waals surface area contributed by atoms with Crippen molar-refractivity contribution in [2.24, 2.45) is 0 Å². The zero-order chi connectivity index (χ0) is 14.9. The topological polar surface area (TPSA) is 41.1 Å². The monoisotopic (exact) mass is 300 g/mol. The van der Waals surface area contributed by atoms with Crippen molar-refractivity contribution < 1.29 is 4.79 Å². The number of carbonyl (C=O) groups is 1. The predicted molar refractivity (Wildman–Crippen MR) is 89.6 cm³/mol. The highest BCUT2D eigenvalue weighted by Gasteiger charge is 2.01. The van der Waals surface area contributed by atoms with Crippen molar-refractivity contribution in [2.75, 3.05) is 18.4 Å². The van der Waals surface area contributed by atoms with E-state index in [0.29, 0.717) is 6.54 Å². The zero-order valence-electron chi connectivity index (χ0n) is 12.1. The van der Waals surface area contributed by atoms with Crippen molar-refractivity contribution >= 4 is 23.4 Å². The molecule has 0 fully saturated rings. The second kappa shape index (κ2) is 8.49. The van der Waals surface area contributed by atoms with Gasteiger partial charge >= 0.3 is 0 Å². The highest BCUT2D eigenvalue weighted by Crippen LogP contribution is 2.24. The molecule has 2 aromatic rings. The molecule has 0 spiro atoms. The number of nitrogens with one attached hydrogen (secondary N) is 2. The second-order valence-corrected chi connectivity index (χ2v) is 5.68. The molecule has 0 heterocycles. The van der Waals surface area contributed by atoms with Crippen molar-refractivity contribution in [3.05, 3.63) is 60.2 Å². The van der Waals surface area contributed by atoms with Crippen LogP contribution in [0.1, 0.15) is 12.5 Å². The van der Waals surface area contributed by atoms with Gasteiger partial charge < -0.3 is 10.6 Å². The van der Waals surface area contributed by atoms with Crippen LogP contribution in [0.15, 0.2) is 59.5 Å². The van der Waals surface area contributed by atoms with Crippen LogP contribution < -0.4 is 10.6 Å². The Kier molecular flexibility index (Phi) is 6.31. The Bertz CT molecular complexity index is 555. The van der Waals surface area contributed by atoms with Gasteiger partial charge in [0.2, 0.25) is 5.91 Å². The number of rotatable bonds is 7. The first kappa shape index (κ1) is 15.6. The van der Waals surface area contributed by atoms with Crippen molar-refractivity contribution in [2.45, 2.75) is 17.6 Å². The molecule has 0 saturated heterocycles. The number of amides is 1. The van der Waals surface area contributed by atoms with Crippen LogP contribution in [-0.4, -0.2) is 19.0 Å². The maximum absolute atomic E-state index is 11.6. The van der Waals surface area contributed by atoms with E-state index in [0.717, 1.165) is 18.0 Å². The van der Waals surface area contributed by atoms with Crippen molar-refractivity contribution in [1.29, 1.82) is 0 Å². The van der Waals surface area contributed by atoms with Gasteiger partial charge in [-0.15, -0.1) is 11.8 Å². The fourth-order valence-corrected chi connectivity index (χ4v) is 2.67. The molecule has 0 atom stereocenters. The molecule has 3 nitrogen and oxygen atoms in total. The molecule has 0 aromatic heterocycles. The molecule has 0 saturated carbocycles. The van der Waals surface area contributed by atoms with E-state index in [9.17, 15) is 4.79 Å². The molecule has 0 radical (unpaired) electrons. The first-order chi connectivity index (χ1) is 10.3. The van der Waals surface area contributed by atoms with E-state index in [-0.39, 0.29) is 5.91 Å². The lowest BCUT2D eigenvalue weighted by atomic mass is 10.2. The second-order valence-electron chi connectivity index (χ2n) is 4.63. The Morgan fingerprint density at radius 1 is 1.05 bits per heavy atom. The molecule has 0 aliphatic carbocycles. The maximum atomic E-state index is 11.6. The molecule has 2 aromatic carbocycles. The lowest BCUT2D eigenvalue weighted by Crippen LogP contribution is -2.27. The van der Waals surface area contributed by atoms with E-state index in [1.165, 1.54) is 10.5 Å². The van der Waals surface area contributed by atoms with Crippen LogP contribution in [0, 0.1) is 0 Å². The molecule has 4 heteroatoms. The fraction of sp³-hybridized carbons (Fsp3) is 0.235. The molecule has 0 aliphatic heterocycles. The van der Waals surface area contributed by atoms with Crippen molar-refractivity contribution in [1.82, 2.24) is 5.32 Å². The Balaban J connectivity index is 1.83. The zero-order valence-corrected chi connectivity index (χ0v) is 13.0. The van der Waals surface area contributed by atoms with Crippen LogP contribution in [0.3, 0.4) is 0 Å². The number of hydrogen-bond acceptors (Lipinski definition) is 3. The third-order valence-corrected chi connectivity index (χ3v) is 4.01. The first-order valence-electron chi connectivity index (χ1n) is 7.05. The highest BCUT2D eigenvalue weighted by molar-refractivity contribution is 7.98. The number of carbonyl (C=O) groups excluding carboxylic acids is 1. The van der Waals surface area contributed by atoms with Gasteiger partial charge in [0.25, 0.3) is 0 Å². The highest BCUT2D eigenvalue weighted by atomic mass is 32.2. The van der Waals surface area contributed by atoms with E-state index in [1.807, 2.05) is 37.3 Å². The van der Waals surface area contributed by atoms with Gasteiger partial charge in [0.05, 0.1) is 6.54 Å². The summed E-state index contributed by atoms with van der Waals surface area (Å²) in [5.41, 5.74) is 2.15. The Morgan fingerprint density at radius 3 is 2.43 bits per heavy atom. The Labute approximate surface area is 130 Å². The van der Waals surface area contributed by atoms with Gasteiger partial charge in [0, 0.05) is 16.3 Å². The summed E-state index contributed by atoms with van der Waals surface area (Å²) >= 11 is 1.79. The van der Waals surface area contributed by atoms with Crippen LogP contribution in [0.2, 0.25) is 0 Å². The number of anilines is 1. The number of hydrogen-bond donors (Lipinski definition) is 2. The van der Waals surface area contributed by atoms with Crippen LogP contribution >= 0.6 is 11.8 Å². The molecule has 110 valence electrons. The minimum absolute atomic E-state index is 0.0125. The largest absolute Gasteiger partial charge is 0.325 e. The number of benzene rings is 2. The molecule has 1 amide bonds. The van der Waals surface area contributed by atoms with Crippen LogP contribution in [0.5, 0.6) is 0 Å². The molecular weight excluding hydrogens is 280 g/mol. The molecule has 2 N–H and O–H groups in total. The smallest absolute Gasteiger partial charge is 0.238 e. The van der Waals surface area contributed by atoms with Gasteiger partial charge in [-0.05, 0) is 36.4 Å². The quantitative estimate of drug-likeness (QED) is 0.769. The summed E-state index contributed by atoms with van der Waals surface area (Å²) in [4.78, 5) is 12.8. The molecule has 0 bridgehead atoms. The van der Waals surface area contributed by atoms with Gasteiger partial charge in [0.15, 0.2) is 0 Å². The Morgan fingerprint density at radius 2 is 1.76 bits per heavy atom. The van der Waals surface area contributed by atoms with E-state index >= 15 is 0 Å². The van der Waals surface area contributed by atoms with Gasteiger partial charge in [-0.3, -0.25) is 4.79 Å². The number of likely N-dealkylation sites (N-methyl/N-ethyl adjacent to an activating group) is 1. The van der Waals surface area contributed by atoms with Gasteiger partial charge in [-0.2, -0.15) is 0 Å². The predicted octanol–water partition coefficient (Wildman–Crippen LogP) is 3.53. The molecule has 21 heavy (non-hydrogen) atoms. The van der Waals surface area contributed by atoms with Crippen LogP contribution in [0.25, 0.3) is 0 Å². The summed E-state index contributed by atoms with van der Waals surface area (Å²) in [6.45, 7) is 3.12. The number of thioether (sulfide) groups is 1. The molecule has 2 rings (SSSR count). The van der Waals surface area contributed by atoms with Gasteiger partial charge in [0.1, 0.15) is 0 Å². The minimum Gasteiger partial charge on any atom is -0.325 e. The summed E-state index contributed by atoms with van der Waals surface area (Å²) in [5, 5.41) is 5.87. The summed E-state index contributed by atoms with van der Waals surface area (Å²) in [7, 11) is 0. The Hall–Kier alpha value is -1.78. The van der Waals surface area contributed by atoms with E-state index in [2.05, 4.69) is 34.9 Å². The van der Waals surface area contributed by atoms with Gasteiger partial charge in [-0.1, -0.05) is 37.3 Å². The summed E-state index contributed by atoms with van der Waals surface area (Å²) < 4.78 is 0. The molecular formula is C17H20N2OS. The van der Waals surface area contributed by atoms with Gasteiger partial charge in [-0.25, -0.2) is 0 Å². The standard InChI is InChI=1S/C17H20N2OS/c1-2-18-12-17(20)19-15-8-10-16(11-9-15)21-13-14-6-4-3-5-7-14/h3-11,18H,2,12-13H2,1H3,(H,19,20). The normalized spacial score (nSPS) is 10.3. The van der Waals surface area contributed by atoms with E-state index in [4.69, 9.17) is 0 Å². The van der Waals surface area contributed by atoms with Crippen molar-refractivity contribution in [3.63, 3.8) is 0 Å². The van der Waals surface area contributed by atoms with Crippen LogP contribution in [0.4, 0.5) is 5.69 Å². The first-order valence-corrected chi connectivity index (χ1v) is 8.04. The summed E-state index contributed by atoms with van der Waals surface area (Å²) in [6, 6.07) is 18.3. The summed E-state index contributed by atoms with van der Waals surface area (Å²) in [6.07, 6.45) is 0. The fourth-order valence-electron chi connectivity index (χ4n) is 1.82. The maximum Gasteiger partial charge on any atom is 0.238 e. The van der Waals surface area contributed by atoms with Crippen LogP contribution in [-0.2, 0) is 10.5 Å². The molecule has 0 unspecified atom stereocenters. The van der Waals surface area contributed by atoms with E-state index < -0.39 is 0 Å². The third kappa shape index (κ3) is 5.61.